The van der Waals surface area contributed by atoms with Crippen LogP contribution in [-0.2, 0) is 17.8 Å². The van der Waals surface area contributed by atoms with Crippen molar-refractivity contribution in [3.63, 3.8) is 0 Å². The standard InChI is InChI=1S/C22H28N2O3/c1-17(12-13-18-8-5-4-6-9-18)24(21(25)15-23(2)3)14-19-10-7-11-20-22(19)27-16-26-20/h4-11,17H,12-16H2,1-3H3/p+1/t17-/m0/s1. The van der Waals surface area contributed by atoms with Gasteiger partial charge in [0.25, 0.3) is 5.91 Å². The fraction of sp³-hybridized carbons (Fsp3) is 0.409. The van der Waals surface area contributed by atoms with Gasteiger partial charge < -0.3 is 19.3 Å². The fourth-order valence-electron chi connectivity index (χ4n) is 3.37. The maximum Gasteiger partial charge on any atom is 0.278 e. The molecule has 0 fully saturated rings. The third-order valence-corrected chi connectivity index (χ3v) is 4.87. The summed E-state index contributed by atoms with van der Waals surface area (Å²) < 4.78 is 11.1. The summed E-state index contributed by atoms with van der Waals surface area (Å²) in [6, 6.07) is 16.4. The number of quaternary nitrogens is 1. The van der Waals surface area contributed by atoms with Crippen molar-refractivity contribution in [1.82, 2.24) is 4.90 Å². The van der Waals surface area contributed by atoms with Gasteiger partial charge in [0.05, 0.1) is 14.1 Å². The molecule has 27 heavy (non-hydrogen) atoms. The zero-order valence-corrected chi connectivity index (χ0v) is 16.4. The fourth-order valence-corrected chi connectivity index (χ4v) is 3.37. The molecule has 0 aromatic heterocycles. The Morgan fingerprint density at radius 3 is 2.63 bits per heavy atom. The number of likely N-dealkylation sites (N-methyl/N-ethyl adjacent to an activating group) is 1. The van der Waals surface area contributed by atoms with Crippen LogP contribution in [0.4, 0.5) is 0 Å². The first-order chi connectivity index (χ1) is 13.0. The Morgan fingerprint density at radius 2 is 1.89 bits per heavy atom. The second kappa shape index (κ2) is 8.91. The normalized spacial score (nSPS) is 13.6. The smallest absolute Gasteiger partial charge is 0.278 e. The number of aryl methyl sites for hydroxylation is 1. The van der Waals surface area contributed by atoms with Crippen molar-refractivity contribution in [1.29, 1.82) is 0 Å². The lowest BCUT2D eigenvalue weighted by Gasteiger charge is -2.30. The molecule has 3 rings (SSSR count). The summed E-state index contributed by atoms with van der Waals surface area (Å²) in [5, 5.41) is 0. The predicted octanol–water partition coefficient (Wildman–Crippen LogP) is 1.91. The lowest BCUT2D eigenvalue weighted by molar-refractivity contribution is -0.849. The van der Waals surface area contributed by atoms with Gasteiger partial charge in [-0.05, 0) is 31.4 Å². The van der Waals surface area contributed by atoms with Crippen LogP contribution in [0.5, 0.6) is 11.5 Å². The van der Waals surface area contributed by atoms with Crippen molar-refractivity contribution in [2.45, 2.75) is 32.4 Å². The summed E-state index contributed by atoms with van der Waals surface area (Å²) in [7, 11) is 4.00. The molecule has 5 nitrogen and oxygen atoms in total. The third-order valence-electron chi connectivity index (χ3n) is 4.87. The number of hydrogen-bond acceptors (Lipinski definition) is 3. The highest BCUT2D eigenvalue weighted by molar-refractivity contribution is 5.77. The summed E-state index contributed by atoms with van der Waals surface area (Å²) >= 11 is 0. The number of fused-ring (bicyclic) bond motifs is 1. The van der Waals surface area contributed by atoms with Crippen molar-refractivity contribution in [2.75, 3.05) is 27.4 Å². The maximum atomic E-state index is 12.9. The molecule has 1 aliphatic heterocycles. The van der Waals surface area contributed by atoms with E-state index in [0.717, 1.165) is 34.8 Å². The lowest BCUT2D eigenvalue weighted by atomic mass is 10.0. The molecule has 0 aliphatic carbocycles. The predicted molar refractivity (Wildman–Crippen MR) is 105 cm³/mol. The summed E-state index contributed by atoms with van der Waals surface area (Å²) in [6.45, 7) is 3.38. The maximum absolute atomic E-state index is 12.9. The quantitative estimate of drug-likeness (QED) is 0.773. The second-order valence-corrected chi connectivity index (χ2v) is 7.43. The van der Waals surface area contributed by atoms with E-state index in [9.17, 15) is 4.79 Å². The molecule has 144 valence electrons. The molecule has 0 unspecified atom stereocenters. The Morgan fingerprint density at radius 1 is 1.11 bits per heavy atom. The highest BCUT2D eigenvalue weighted by Crippen LogP contribution is 2.36. The first kappa shape index (κ1) is 19.2. The number of ether oxygens (including phenoxy) is 2. The zero-order chi connectivity index (χ0) is 19.2. The van der Waals surface area contributed by atoms with E-state index in [2.05, 4.69) is 31.2 Å². The lowest BCUT2D eigenvalue weighted by Crippen LogP contribution is -3.07. The van der Waals surface area contributed by atoms with Gasteiger partial charge in [0.2, 0.25) is 6.79 Å². The van der Waals surface area contributed by atoms with Crippen molar-refractivity contribution in [3.8, 4) is 11.5 Å². The number of nitrogens with one attached hydrogen (secondary N) is 1. The van der Waals surface area contributed by atoms with Gasteiger partial charge in [-0.15, -0.1) is 0 Å². The number of benzene rings is 2. The van der Waals surface area contributed by atoms with Crippen LogP contribution in [0.15, 0.2) is 48.5 Å². The molecule has 0 saturated carbocycles. The molecule has 1 amide bonds. The molecule has 2 aromatic rings. The van der Waals surface area contributed by atoms with Gasteiger partial charge in [-0.3, -0.25) is 4.79 Å². The summed E-state index contributed by atoms with van der Waals surface area (Å²) in [5.41, 5.74) is 2.30. The van der Waals surface area contributed by atoms with Crippen LogP contribution in [0, 0.1) is 0 Å². The number of amides is 1. The van der Waals surface area contributed by atoms with E-state index >= 15 is 0 Å². The van der Waals surface area contributed by atoms with Crippen molar-refractivity contribution in [3.05, 3.63) is 59.7 Å². The molecule has 0 radical (unpaired) electrons. The van der Waals surface area contributed by atoms with E-state index in [1.807, 2.05) is 43.3 Å². The third kappa shape index (κ3) is 5.01. The SMILES string of the molecule is C[C@@H](CCc1ccccc1)N(Cc1cccc2c1OCO2)C(=O)C[NH+](C)C. The average Bonchev–Trinajstić information content (AvgIpc) is 3.14. The Balaban J connectivity index is 1.74. The zero-order valence-electron chi connectivity index (χ0n) is 16.4. The van der Waals surface area contributed by atoms with Crippen molar-refractivity contribution >= 4 is 5.91 Å². The summed E-state index contributed by atoms with van der Waals surface area (Å²) in [6.07, 6.45) is 1.87. The molecule has 1 atom stereocenters. The number of carbonyl (C=O) groups excluding carboxylic acids is 1. The average molecular weight is 369 g/mol. The van der Waals surface area contributed by atoms with Crippen LogP contribution in [0.2, 0.25) is 0 Å². The molecule has 1 aliphatic rings. The Labute approximate surface area is 161 Å². The van der Waals surface area contributed by atoms with E-state index in [1.165, 1.54) is 5.56 Å². The summed E-state index contributed by atoms with van der Waals surface area (Å²) in [5.74, 6) is 1.69. The molecule has 1 heterocycles. The second-order valence-electron chi connectivity index (χ2n) is 7.43. The van der Waals surface area contributed by atoms with Gasteiger partial charge in [0, 0.05) is 18.2 Å². The number of nitrogens with zero attached hydrogens (tertiary/aromatic N) is 1. The molecule has 0 spiro atoms. The molecule has 1 N–H and O–H groups in total. The van der Waals surface area contributed by atoms with E-state index in [4.69, 9.17) is 9.47 Å². The van der Waals surface area contributed by atoms with Gasteiger partial charge in [-0.25, -0.2) is 0 Å². The van der Waals surface area contributed by atoms with Gasteiger partial charge in [-0.1, -0.05) is 42.5 Å². The molecule has 5 heteroatoms. The number of para-hydroxylation sites is 1. The van der Waals surface area contributed by atoms with Crippen LogP contribution in [-0.4, -0.2) is 44.3 Å². The van der Waals surface area contributed by atoms with Gasteiger partial charge in [-0.2, -0.15) is 0 Å². The highest BCUT2D eigenvalue weighted by atomic mass is 16.7. The van der Waals surface area contributed by atoms with Gasteiger partial charge in [0.15, 0.2) is 18.0 Å². The van der Waals surface area contributed by atoms with E-state index in [1.54, 1.807) is 0 Å². The van der Waals surface area contributed by atoms with E-state index < -0.39 is 0 Å². The number of carbonyl (C=O) groups is 1. The summed E-state index contributed by atoms with van der Waals surface area (Å²) in [4.78, 5) is 16.0. The van der Waals surface area contributed by atoms with Crippen LogP contribution in [0.1, 0.15) is 24.5 Å². The van der Waals surface area contributed by atoms with E-state index in [-0.39, 0.29) is 18.7 Å². The largest absolute Gasteiger partial charge is 0.454 e. The molecule has 2 aromatic carbocycles. The topological polar surface area (TPSA) is 43.2 Å². The molecular formula is C22H29N2O3+. The minimum absolute atomic E-state index is 0.134. The van der Waals surface area contributed by atoms with E-state index in [0.29, 0.717) is 13.1 Å². The van der Waals surface area contributed by atoms with Gasteiger partial charge >= 0.3 is 0 Å². The van der Waals surface area contributed by atoms with Crippen LogP contribution in [0.25, 0.3) is 0 Å². The highest BCUT2D eigenvalue weighted by Gasteiger charge is 2.25. The Hall–Kier alpha value is -2.53. The molecule has 0 saturated heterocycles. The van der Waals surface area contributed by atoms with Crippen LogP contribution >= 0.6 is 0 Å². The molecule has 0 bridgehead atoms. The van der Waals surface area contributed by atoms with Gasteiger partial charge in [0.1, 0.15) is 0 Å². The minimum Gasteiger partial charge on any atom is -0.454 e. The minimum atomic E-state index is 0.134. The first-order valence-corrected chi connectivity index (χ1v) is 9.54. The molecular weight excluding hydrogens is 340 g/mol. The Bertz CT molecular complexity index is 761. The first-order valence-electron chi connectivity index (χ1n) is 9.54. The number of rotatable bonds is 8. The number of hydrogen-bond donors (Lipinski definition) is 1. The van der Waals surface area contributed by atoms with Crippen molar-refractivity contribution in [2.24, 2.45) is 0 Å². The van der Waals surface area contributed by atoms with Crippen molar-refractivity contribution < 1.29 is 19.2 Å². The monoisotopic (exact) mass is 369 g/mol. The Kier molecular flexibility index (Phi) is 6.35. The van der Waals surface area contributed by atoms with Crippen LogP contribution in [0.3, 0.4) is 0 Å². The van der Waals surface area contributed by atoms with Crippen LogP contribution < -0.4 is 14.4 Å².